The van der Waals surface area contributed by atoms with Gasteiger partial charge in [0.2, 0.25) is 0 Å². The highest BCUT2D eigenvalue weighted by molar-refractivity contribution is 9.10. The molecule has 1 aromatic heterocycles. The van der Waals surface area contributed by atoms with Crippen LogP contribution < -0.4 is 17.0 Å². The summed E-state index contributed by atoms with van der Waals surface area (Å²) >= 11 is 3.06. The van der Waals surface area contributed by atoms with Crippen molar-refractivity contribution in [3.8, 4) is 0 Å². The number of amides is 1. The Morgan fingerprint density at radius 3 is 2.32 bits per heavy atom. The van der Waals surface area contributed by atoms with Gasteiger partial charge in [-0.1, -0.05) is 36.4 Å². The number of hydrogen-bond acceptors (Lipinski definition) is 4. The average molecular weight is 544 g/mol. The minimum Gasteiger partial charge on any atom is -0.440 e. The van der Waals surface area contributed by atoms with E-state index in [4.69, 9.17) is 10.5 Å². The summed E-state index contributed by atoms with van der Waals surface area (Å²) < 4.78 is 61.3. The standard InChI is InChI=1S/C22H18BrF4N3O4/c1-12-18(23)19(31)30(11-17(34-20(28)32)13-6-3-2-4-7-13)21(33)29(12)10-14-15(22(25,26)27)8-5-9-16(14)24/h2-9,17H,10-11H2,1H3,(H2,28,32). The molecule has 34 heavy (non-hydrogen) atoms. The second-order valence-corrected chi connectivity index (χ2v) is 8.08. The smallest absolute Gasteiger partial charge is 0.416 e. The normalized spacial score (nSPS) is 12.4. The third-order valence-corrected chi connectivity index (χ3v) is 6.05. The molecule has 2 N–H and O–H groups in total. The van der Waals surface area contributed by atoms with Crippen molar-refractivity contribution in [2.24, 2.45) is 5.73 Å². The monoisotopic (exact) mass is 543 g/mol. The van der Waals surface area contributed by atoms with Gasteiger partial charge in [-0.25, -0.2) is 14.0 Å². The lowest BCUT2D eigenvalue weighted by molar-refractivity contribution is -0.138. The Morgan fingerprint density at radius 1 is 1.09 bits per heavy atom. The Kier molecular flexibility index (Phi) is 7.29. The van der Waals surface area contributed by atoms with Gasteiger partial charge in [-0.2, -0.15) is 13.2 Å². The van der Waals surface area contributed by atoms with Gasteiger partial charge in [0, 0.05) is 11.3 Å². The van der Waals surface area contributed by atoms with Crippen molar-refractivity contribution >= 4 is 22.0 Å². The van der Waals surface area contributed by atoms with E-state index in [9.17, 15) is 31.9 Å². The van der Waals surface area contributed by atoms with Gasteiger partial charge in [-0.3, -0.25) is 13.9 Å². The summed E-state index contributed by atoms with van der Waals surface area (Å²) in [6.45, 7) is 0.0601. The molecule has 0 aliphatic heterocycles. The molecule has 3 rings (SSSR count). The van der Waals surface area contributed by atoms with E-state index in [0.717, 1.165) is 16.7 Å². The predicted molar refractivity (Wildman–Crippen MR) is 118 cm³/mol. The number of primary amides is 1. The van der Waals surface area contributed by atoms with Gasteiger partial charge < -0.3 is 10.5 Å². The molecule has 0 bridgehead atoms. The number of aromatic nitrogens is 2. The van der Waals surface area contributed by atoms with E-state index in [0.29, 0.717) is 16.2 Å². The van der Waals surface area contributed by atoms with Crippen LogP contribution in [0.15, 0.2) is 62.6 Å². The molecule has 7 nitrogen and oxygen atoms in total. The first-order chi connectivity index (χ1) is 15.9. The van der Waals surface area contributed by atoms with Crippen LogP contribution in [0.25, 0.3) is 0 Å². The fourth-order valence-corrected chi connectivity index (χ4v) is 3.87. The first-order valence-electron chi connectivity index (χ1n) is 9.77. The van der Waals surface area contributed by atoms with Crippen LogP contribution in [0.2, 0.25) is 0 Å². The number of nitrogens with zero attached hydrogens (tertiary/aromatic N) is 2. The van der Waals surface area contributed by atoms with Gasteiger partial charge in [0.15, 0.2) is 0 Å². The fraction of sp³-hybridized carbons (Fsp3) is 0.227. The van der Waals surface area contributed by atoms with Crippen molar-refractivity contribution < 1.29 is 27.1 Å². The van der Waals surface area contributed by atoms with Gasteiger partial charge in [0.1, 0.15) is 16.4 Å². The van der Waals surface area contributed by atoms with Crippen molar-refractivity contribution in [3.63, 3.8) is 0 Å². The number of ether oxygens (including phenoxy) is 1. The Labute approximate surface area is 198 Å². The first kappa shape index (κ1) is 25.2. The van der Waals surface area contributed by atoms with Gasteiger partial charge in [-0.05, 0) is 40.5 Å². The second kappa shape index (κ2) is 9.84. The zero-order chi connectivity index (χ0) is 25.2. The number of hydrogen-bond donors (Lipinski definition) is 1. The van der Waals surface area contributed by atoms with E-state index in [1.54, 1.807) is 30.3 Å². The zero-order valence-corrected chi connectivity index (χ0v) is 19.2. The highest BCUT2D eigenvalue weighted by Gasteiger charge is 2.35. The number of alkyl halides is 3. The second-order valence-electron chi connectivity index (χ2n) is 7.28. The fourth-order valence-electron chi connectivity index (χ4n) is 3.44. The van der Waals surface area contributed by atoms with Gasteiger partial charge >= 0.3 is 18.0 Å². The molecule has 0 fully saturated rings. The molecule has 0 aliphatic rings. The SMILES string of the molecule is Cc1c(Br)c(=O)n(CC(OC(N)=O)c2ccccc2)c(=O)n1Cc1c(F)cccc1C(F)(F)F. The lowest BCUT2D eigenvalue weighted by atomic mass is 10.1. The molecule has 0 spiro atoms. The van der Waals surface area contributed by atoms with Gasteiger partial charge in [0.05, 0.1) is 18.7 Å². The molecule has 0 aliphatic carbocycles. The minimum absolute atomic E-state index is 0.00490. The summed E-state index contributed by atoms with van der Waals surface area (Å²) in [6.07, 6.45) is -7.17. The van der Waals surface area contributed by atoms with Crippen LogP contribution in [-0.4, -0.2) is 15.2 Å². The summed E-state index contributed by atoms with van der Waals surface area (Å²) in [5, 5.41) is 0. The van der Waals surface area contributed by atoms with E-state index in [1.807, 2.05) is 0 Å². The molecular weight excluding hydrogens is 526 g/mol. The number of benzene rings is 2. The van der Waals surface area contributed by atoms with Crippen LogP contribution in [-0.2, 0) is 24.0 Å². The van der Waals surface area contributed by atoms with E-state index in [-0.39, 0.29) is 10.2 Å². The van der Waals surface area contributed by atoms with Crippen LogP contribution in [0.4, 0.5) is 22.4 Å². The molecule has 0 saturated heterocycles. The van der Waals surface area contributed by atoms with E-state index < -0.39 is 59.7 Å². The van der Waals surface area contributed by atoms with Crippen molar-refractivity contribution in [2.45, 2.75) is 32.3 Å². The Bertz CT molecular complexity index is 1340. The summed E-state index contributed by atoms with van der Waals surface area (Å²) in [5.74, 6) is -1.16. The topological polar surface area (TPSA) is 96.3 Å². The average Bonchev–Trinajstić information content (AvgIpc) is 2.78. The highest BCUT2D eigenvalue weighted by atomic mass is 79.9. The number of nitrogens with two attached hydrogens (primary N) is 1. The molecule has 12 heteroatoms. The summed E-state index contributed by atoms with van der Waals surface area (Å²) in [6, 6.07) is 10.6. The van der Waals surface area contributed by atoms with Crippen LogP contribution in [0.3, 0.4) is 0 Å². The molecule has 3 aromatic rings. The third-order valence-electron chi connectivity index (χ3n) is 5.14. The molecule has 1 heterocycles. The van der Waals surface area contributed by atoms with Crippen LogP contribution in [0.5, 0.6) is 0 Å². The van der Waals surface area contributed by atoms with Crippen molar-refractivity contribution in [2.75, 3.05) is 0 Å². The molecule has 180 valence electrons. The van der Waals surface area contributed by atoms with Gasteiger partial charge in [0.25, 0.3) is 5.56 Å². The van der Waals surface area contributed by atoms with Crippen molar-refractivity contribution in [1.29, 1.82) is 0 Å². The maximum Gasteiger partial charge on any atom is 0.416 e. The van der Waals surface area contributed by atoms with Crippen molar-refractivity contribution in [3.05, 3.63) is 102 Å². The third kappa shape index (κ3) is 5.22. The maximum absolute atomic E-state index is 14.4. The number of carbonyl (C=O) groups excluding carboxylic acids is 1. The molecule has 2 aromatic carbocycles. The first-order valence-corrected chi connectivity index (χ1v) is 10.6. The Hall–Kier alpha value is -3.41. The molecule has 1 amide bonds. The minimum atomic E-state index is -4.87. The maximum atomic E-state index is 14.4. The Balaban J connectivity index is 2.15. The molecule has 0 radical (unpaired) electrons. The summed E-state index contributed by atoms with van der Waals surface area (Å²) in [5.41, 5.74) is 1.72. The largest absolute Gasteiger partial charge is 0.440 e. The predicted octanol–water partition coefficient (Wildman–Crippen LogP) is 4.12. The molecule has 1 atom stereocenters. The summed E-state index contributed by atoms with van der Waals surface area (Å²) in [7, 11) is 0. The van der Waals surface area contributed by atoms with E-state index >= 15 is 0 Å². The van der Waals surface area contributed by atoms with Crippen molar-refractivity contribution in [1.82, 2.24) is 9.13 Å². The zero-order valence-electron chi connectivity index (χ0n) is 17.6. The molecule has 1 unspecified atom stereocenters. The Morgan fingerprint density at radius 2 is 1.74 bits per heavy atom. The molecular formula is C22H18BrF4N3O4. The van der Waals surface area contributed by atoms with E-state index in [1.165, 1.54) is 6.92 Å². The van der Waals surface area contributed by atoms with Crippen LogP contribution >= 0.6 is 15.9 Å². The summed E-state index contributed by atoms with van der Waals surface area (Å²) in [4.78, 5) is 37.5. The molecule has 0 saturated carbocycles. The lowest BCUT2D eigenvalue weighted by Crippen LogP contribution is -2.43. The van der Waals surface area contributed by atoms with Crippen LogP contribution in [0.1, 0.15) is 28.5 Å². The van der Waals surface area contributed by atoms with E-state index in [2.05, 4.69) is 15.9 Å². The highest BCUT2D eigenvalue weighted by Crippen LogP contribution is 2.33. The number of rotatable bonds is 6. The number of carbonyl (C=O) groups is 1. The lowest BCUT2D eigenvalue weighted by Gasteiger charge is -2.21. The number of halogens is 5. The quantitative estimate of drug-likeness (QED) is 0.473. The van der Waals surface area contributed by atoms with Crippen LogP contribution in [0, 0.1) is 12.7 Å². The van der Waals surface area contributed by atoms with Gasteiger partial charge in [-0.15, -0.1) is 0 Å².